The summed E-state index contributed by atoms with van der Waals surface area (Å²) < 4.78 is 12.4. The summed E-state index contributed by atoms with van der Waals surface area (Å²) in [5, 5.41) is 12.5. The van der Waals surface area contributed by atoms with Gasteiger partial charge in [0.25, 0.3) is 0 Å². The molecule has 0 atom stereocenters. The second-order valence-electron chi connectivity index (χ2n) is 7.06. The number of anilines is 1. The zero-order chi connectivity index (χ0) is 21.7. The highest BCUT2D eigenvalue weighted by Gasteiger charge is 2.12. The van der Waals surface area contributed by atoms with Crippen molar-refractivity contribution in [1.29, 1.82) is 0 Å². The van der Waals surface area contributed by atoms with Gasteiger partial charge in [0.05, 0.1) is 12.7 Å². The molecule has 5 nitrogen and oxygen atoms in total. The van der Waals surface area contributed by atoms with Gasteiger partial charge in [-0.1, -0.05) is 51.8 Å². The van der Waals surface area contributed by atoms with Crippen LogP contribution >= 0.6 is 15.9 Å². The Bertz CT molecular complexity index is 1050. The molecule has 0 aliphatic rings. The molecule has 0 saturated heterocycles. The van der Waals surface area contributed by atoms with Crippen molar-refractivity contribution in [1.82, 2.24) is 0 Å². The minimum atomic E-state index is -0.948. The van der Waals surface area contributed by atoms with E-state index in [9.17, 15) is 9.90 Å². The van der Waals surface area contributed by atoms with Crippen LogP contribution in [0, 0.1) is 13.8 Å². The number of carbonyl (C=O) groups is 1. The summed E-state index contributed by atoms with van der Waals surface area (Å²) in [6.07, 6.45) is 0. The minimum Gasteiger partial charge on any atom is -0.493 e. The van der Waals surface area contributed by atoms with Crippen molar-refractivity contribution in [2.45, 2.75) is 27.0 Å². The molecule has 0 unspecified atom stereocenters. The molecular formula is C24H24BrNO4. The van der Waals surface area contributed by atoms with Crippen LogP contribution in [0.25, 0.3) is 0 Å². The van der Waals surface area contributed by atoms with Crippen molar-refractivity contribution in [3.05, 3.63) is 86.9 Å². The minimum absolute atomic E-state index is 0.250. The normalized spacial score (nSPS) is 10.5. The molecule has 0 aliphatic carbocycles. The molecular weight excluding hydrogens is 446 g/mol. The molecule has 0 radical (unpaired) electrons. The van der Waals surface area contributed by atoms with Crippen molar-refractivity contribution in [2.24, 2.45) is 0 Å². The molecule has 0 fully saturated rings. The lowest BCUT2D eigenvalue weighted by atomic mass is 10.1. The summed E-state index contributed by atoms with van der Waals surface area (Å²) >= 11 is 3.61. The van der Waals surface area contributed by atoms with Gasteiger partial charge in [0.1, 0.15) is 6.61 Å². The summed E-state index contributed by atoms with van der Waals surface area (Å²) in [5.74, 6) is 0.340. The number of carboxylic acids is 1. The predicted octanol–water partition coefficient (Wildman–Crippen LogP) is 5.96. The highest BCUT2D eigenvalue weighted by molar-refractivity contribution is 9.10. The summed E-state index contributed by atoms with van der Waals surface area (Å²) in [6, 6.07) is 17.0. The first kappa shape index (κ1) is 21.7. The summed E-state index contributed by atoms with van der Waals surface area (Å²) in [6.45, 7) is 4.93. The molecule has 30 heavy (non-hydrogen) atoms. The smallest absolute Gasteiger partial charge is 0.335 e. The fourth-order valence-electron chi connectivity index (χ4n) is 2.97. The number of rotatable bonds is 8. The van der Waals surface area contributed by atoms with Crippen LogP contribution in [0.4, 0.5) is 5.69 Å². The van der Waals surface area contributed by atoms with Gasteiger partial charge in [-0.25, -0.2) is 4.79 Å². The van der Waals surface area contributed by atoms with E-state index in [1.165, 1.54) is 5.56 Å². The Morgan fingerprint density at radius 2 is 1.77 bits per heavy atom. The molecule has 6 heteroatoms. The summed E-state index contributed by atoms with van der Waals surface area (Å²) in [5.41, 5.74) is 5.26. The number of hydrogen-bond acceptors (Lipinski definition) is 4. The molecule has 156 valence electrons. The van der Waals surface area contributed by atoms with E-state index >= 15 is 0 Å². The Balaban J connectivity index is 1.74. The van der Waals surface area contributed by atoms with Crippen molar-refractivity contribution in [3.8, 4) is 11.5 Å². The van der Waals surface area contributed by atoms with Crippen LogP contribution in [-0.2, 0) is 13.2 Å². The van der Waals surface area contributed by atoms with Crippen LogP contribution in [0.2, 0.25) is 0 Å². The molecule has 0 spiro atoms. The number of nitrogens with one attached hydrogen (secondary N) is 1. The number of halogens is 1. The second kappa shape index (κ2) is 9.67. The SMILES string of the molecule is COc1cc(CNc2cc(C(=O)O)ccc2C)c(Br)cc1OCc1ccc(C)cc1. The van der Waals surface area contributed by atoms with Gasteiger partial charge in [0.2, 0.25) is 0 Å². The van der Waals surface area contributed by atoms with Gasteiger partial charge in [-0.05, 0) is 54.8 Å². The van der Waals surface area contributed by atoms with Crippen LogP contribution in [0.15, 0.2) is 59.1 Å². The maximum absolute atomic E-state index is 11.2. The second-order valence-corrected chi connectivity index (χ2v) is 7.91. The number of ether oxygens (including phenoxy) is 2. The monoisotopic (exact) mass is 469 g/mol. The van der Waals surface area contributed by atoms with Gasteiger partial charge < -0.3 is 19.9 Å². The third kappa shape index (κ3) is 5.33. The van der Waals surface area contributed by atoms with Gasteiger partial charge >= 0.3 is 5.97 Å². The first-order valence-electron chi connectivity index (χ1n) is 9.50. The first-order chi connectivity index (χ1) is 14.4. The molecule has 0 saturated carbocycles. The van der Waals surface area contributed by atoms with E-state index < -0.39 is 5.97 Å². The Labute approximate surface area is 184 Å². The predicted molar refractivity (Wildman–Crippen MR) is 122 cm³/mol. The van der Waals surface area contributed by atoms with E-state index in [2.05, 4.69) is 40.3 Å². The Hall–Kier alpha value is -2.99. The molecule has 2 N–H and O–H groups in total. The lowest BCUT2D eigenvalue weighted by Crippen LogP contribution is -2.05. The van der Waals surface area contributed by atoms with Crippen molar-refractivity contribution in [2.75, 3.05) is 12.4 Å². The molecule has 0 bridgehead atoms. The van der Waals surface area contributed by atoms with E-state index in [4.69, 9.17) is 9.47 Å². The van der Waals surface area contributed by atoms with Crippen LogP contribution in [0.1, 0.15) is 32.6 Å². The topological polar surface area (TPSA) is 67.8 Å². The maximum atomic E-state index is 11.2. The fourth-order valence-corrected chi connectivity index (χ4v) is 3.43. The molecule has 0 aliphatic heterocycles. The number of hydrogen-bond donors (Lipinski definition) is 2. The van der Waals surface area contributed by atoms with Gasteiger partial charge in [0.15, 0.2) is 11.5 Å². The van der Waals surface area contributed by atoms with Crippen molar-refractivity contribution < 1.29 is 19.4 Å². The van der Waals surface area contributed by atoms with E-state index in [0.29, 0.717) is 24.7 Å². The molecule has 0 amide bonds. The number of aryl methyl sites for hydroxylation is 2. The van der Waals surface area contributed by atoms with E-state index in [-0.39, 0.29) is 5.56 Å². The van der Waals surface area contributed by atoms with Gasteiger partial charge in [-0.3, -0.25) is 0 Å². The summed E-state index contributed by atoms with van der Waals surface area (Å²) in [7, 11) is 1.61. The number of benzene rings is 3. The average Bonchev–Trinajstić information content (AvgIpc) is 2.73. The van der Waals surface area contributed by atoms with Gasteiger partial charge in [-0.2, -0.15) is 0 Å². The lowest BCUT2D eigenvalue weighted by molar-refractivity contribution is 0.0697. The van der Waals surface area contributed by atoms with Gasteiger partial charge in [0, 0.05) is 16.7 Å². The standard InChI is InChI=1S/C24H24BrNO4/c1-15-4-7-17(8-5-15)14-30-23-12-20(25)19(11-22(23)29-3)13-26-21-10-18(24(27)28)9-6-16(21)2/h4-12,26H,13-14H2,1-3H3,(H,27,28). The third-order valence-electron chi connectivity index (χ3n) is 4.80. The Morgan fingerprint density at radius 1 is 1.03 bits per heavy atom. The van der Waals surface area contributed by atoms with E-state index in [1.807, 2.05) is 31.2 Å². The highest BCUT2D eigenvalue weighted by atomic mass is 79.9. The van der Waals surface area contributed by atoms with Crippen LogP contribution in [0.3, 0.4) is 0 Å². The Kier molecular flexibility index (Phi) is 7.00. The molecule has 0 heterocycles. The zero-order valence-electron chi connectivity index (χ0n) is 17.2. The quantitative estimate of drug-likeness (QED) is 0.425. The zero-order valence-corrected chi connectivity index (χ0v) is 18.7. The maximum Gasteiger partial charge on any atom is 0.335 e. The average molecular weight is 470 g/mol. The lowest BCUT2D eigenvalue weighted by Gasteiger charge is -2.16. The Morgan fingerprint density at radius 3 is 2.43 bits per heavy atom. The molecule has 3 aromatic carbocycles. The fraction of sp³-hybridized carbons (Fsp3) is 0.208. The molecule has 3 rings (SSSR count). The van der Waals surface area contributed by atoms with Crippen LogP contribution < -0.4 is 14.8 Å². The molecule has 0 aromatic heterocycles. The van der Waals surface area contributed by atoms with E-state index in [0.717, 1.165) is 26.9 Å². The van der Waals surface area contributed by atoms with Gasteiger partial charge in [-0.15, -0.1) is 0 Å². The number of carboxylic acid groups (broad SMARTS) is 1. The highest BCUT2D eigenvalue weighted by Crippen LogP contribution is 2.34. The number of aromatic carboxylic acids is 1. The summed E-state index contributed by atoms with van der Waals surface area (Å²) in [4.78, 5) is 11.2. The van der Waals surface area contributed by atoms with Crippen LogP contribution in [0.5, 0.6) is 11.5 Å². The molecule has 3 aromatic rings. The number of methoxy groups -OCH3 is 1. The first-order valence-corrected chi connectivity index (χ1v) is 10.3. The third-order valence-corrected chi connectivity index (χ3v) is 5.54. The van der Waals surface area contributed by atoms with Crippen LogP contribution in [-0.4, -0.2) is 18.2 Å². The van der Waals surface area contributed by atoms with Crippen molar-refractivity contribution in [3.63, 3.8) is 0 Å². The van der Waals surface area contributed by atoms with Crippen molar-refractivity contribution >= 4 is 27.6 Å². The van der Waals surface area contributed by atoms with E-state index in [1.54, 1.807) is 25.3 Å². The largest absolute Gasteiger partial charge is 0.493 e.